The number of nitrogens with zero attached hydrogens (tertiary/aromatic N) is 3. The quantitative estimate of drug-likeness (QED) is 0.489. The third kappa shape index (κ3) is 4.57. The third-order valence-corrected chi connectivity index (χ3v) is 5.09. The van der Waals surface area contributed by atoms with Crippen LogP contribution in [0.5, 0.6) is 0 Å². The lowest BCUT2D eigenvalue weighted by molar-refractivity contribution is 0.0951. The molecule has 160 valence electrons. The predicted molar refractivity (Wildman–Crippen MR) is 123 cm³/mol. The molecule has 0 saturated carbocycles. The highest BCUT2D eigenvalue weighted by atomic mass is 16.2. The van der Waals surface area contributed by atoms with E-state index in [-0.39, 0.29) is 11.8 Å². The maximum atomic E-state index is 13.1. The summed E-state index contributed by atoms with van der Waals surface area (Å²) in [6.45, 7) is 2.16. The number of carbonyl (C=O) groups excluding carboxylic acids is 2. The van der Waals surface area contributed by atoms with Gasteiger partial charge >= 0.3 is 0 Å². The van der Waals surface area contributed by atoms with Gasteiger partial charge in [-0.05, 0) is 30.7 Å². The van der Waals surface area contributed by atoms with Gasteiger partial charge in [0.2, 0.25) is 0 Å². The highest BCUT2D eigenvalue weighted by Gasteiger charge is 2.17. The number of nitrogens with one attached hydrogen (secondary N) is 2. The van der Waals surface area contributed by atoms with Gasteiger partial charge in [-0.25, -0.2) is 0 Å². The first-order valence-corrected chi connectivity index (χ1v) is 10.2. The van der Waals surface area contributed by atoms with E-state index in [1.807, 2.05) is 56.6 Å². The van der Waals surface area contributed by atoms with Crippen LogP contribution >= 0.6 is 0 Å². The molecular formula is C25H23N5O2. The summed E-state index contributed by atoms with van der Waals surface area (Å²) in [4.78, 5) is 29.6. The van der Waals surface area contributed by atoms with Crippen LogP contribution in [0.1, 0.15) is 31.8 Å². The molecule has 0 aliphatic carbocycles. The fourth-order valence-electron chi connectivity index (χ4n) is 3.49. The van der Waals surface area contributed by atoms with Crippen molar-refractivity contribution < 1.29 is 9.59 Å². The lowest BCUT2D eigenvalue weighted by Crippen LogP contribution is -2.25. The van der Waals surface area contributed by atoms with Crippen LogP contribution in [-0.4, -0.2) is 26.6 Å². The SMILES string of the molecule is Cc1cccc(C(=O)NCc2cn(C)nc2-c2ccccc2)c1NC(=O)c1ccncc1. The highest BCUT2D eigenvalue weighted by Crippen LogP contribution is 2.23. The summed E-state index contributed by atoms with van der Waals surface area (Å²) >= 11 is 0. The summed E-state index contributed by atoms with van der Waals surface area (Å²) in [5, 5.41) is 10.4. The zero-order valence-electron chi connectivity index (χ0n) is 17.9. The second-order valence-electron chi connectivity index (χ2n) is 7.41. The summed E-state index contributed by atoms with van der Waals surface area (Å²) < 4.78 is 1.73. The molecule has 7 nitrogen and oxygen atoms in total. The number of pyridine rings is 1. The minimum atomic E-state index is -0.297. The van der Waals surface area contributed by atoms with Crippen LogP contribution in [0.2, 0.25) is 0 Å². The zero-order valence-corrected chi connectivity index (χ0v) is 17.9. The first kappa shape index (κ1) is 21.0. The summed E-state index contributed by atoms with van der Waals surface area (Å²) in [5.74, 6) is -0.573. The van der Waals surface area contributed by atoms with Gasteiger partial charge in [0.1, 0.15) is 0 Å². The molecule has 0 saturated heterocycles. The zero-order chi connectivity index (χ0) is 22.5. The Morgan fingerprint density at radius 1 is 0.938 bits per heavy atom. The van der Waals surface area contributed by atoms with Gasteiger partial charge in [0.25, 0.3) is 11.8 Å². The van der Waals surface area contributed by atoms with E-state index in [4.69, 9.17) is 0 Å². The number of benzene rings is 2. The Bertz CT molecular complexity index is 1250. The summed E-state index contributed by atoms with van der Waals surface area (Å²) in [7, 11) is 1.85. The highest BCUT2D eigenvalue weighted by molar-refractivity contribution is 6.09. The van der Waals surface area contributed by atoms with Crippen molar-refractivity contribution in [2.75, 3.05) is 5.32 Å². The number of hydrogen-bond acceptors (Lipinski definition) is 4. The van der Waals surface area contributed by atoms with Gasteiger partial charge in [0.05, 0.1) is 16.9 Å². The van der Waals surface area contributed by atoms with Crippen molar-refractivity contribution in [1.82, 2.24) is 20.1 Å². The summed E-state index contributed by atoms with van der Waals surface area (Å²) in [6.07, 6.45) is 5.00. The van der Waals surface area contributed by atoms with Crippen LogP contribution in [0.3, 0.4) is 0 Å². The molecular weight excluding hydrogens is 402 g/mol. The van der Waals surface area contributed by atoms with Gasteiger partial charge in [0.15, 0.2) is 0 Å². The van der Waals surface area contributed by atoms with Gasteiger partial charge < -0.3 is 10.6 Å². The van der Waals surface area contributed by atoms with Crippen LogP contribution in [0.4, 0.5) is 5.69 Å². The first-order chi connectivity index (χ1) is 15.5. The van der Waals surface area contributed by atoms with Crippen molar-refractivity contribution in [3.63, 3.8) is 0 Å². The molecule has 0 spiro atoms. The van der Waals surface area contributed by atoms with Crippen molar-refractivity contribution in [3.05, 3.63) is 102 Å². The van der Waals surface area contributed by atoms with E-state index in [0.29, 0.717) is 23.4 Å². The monoisotopic (exact) mass is 425 g/mol. The fourth-order valence-corrected chi connectivity index (χ4v) is 3.49. The lowest BCUT2D eigenvalue weighted by atomic mass is 10.1. The van der Waals surface area contributed by atoms with Crippen LogP contribution in [0, 0.1) is 6.92 Å². The Labute approximate surface area is 186 Å². The van der Waals surface area contributed by atoms with Crippen LogP contribution in [-0.2, 0) is 13.6 Å². The van der Waals surface area contributed by atoms with Crippen LogP contribution in [0.15, 0.2) is 79.3 Å². The van der Waals surface area contributed by atoms with Crippen molar-refractivity contribution >= 4 is 17.5 Å². The molecule has 2 amide bonds. The van der Waals surface area contributed by atoms with E-state index < -0.39 is 0 Å². The van der Waals surface area contributed by atoms with Crippen molar-refractivity contribution in [3.8, 4) is 11.3 Å². The average Bonchev–Trinajstić information content (AvgIpc) is 3.20. The number of anilines is 1. The smallest absolute Gasteiger partial charge is 0.255 e. The van der Waals surface area contributed by atoms with E-state index in [9.17, 15) is 9.59 Å². The normalized spacial score (nSPS) is 10.6. The van der Waals surface area contributed by atoms with E-state index in [0.717, 1.165) is 22.4 Å². The minimum Gasteiger partial charge on any atom is -0.348 e. The van der Waals surface area contributed by atoms with Gasteiger partial charge in [-0.1, -0.05) is 42.5 Å². The van der Waals surface area contributed by atoms with E-state index in [1.165, 1.54) is 0 Å². The third-order valence-electron chi connectivity index (χ3n) is 5.09. The molecule has 0 fully saturated rings. The Hall–Kier alpha value is -4.26. The van der Waals surface area contributed by atoms with E-state index in [1.54, 1.807) is 41.3 Å². The summed E-state index contributed by atoms with van der Waals surface area (Å²) in [5.41, 5.74) is 4.87. The van der Waals surface area contributed by atoms with Gasteiger partial charge in [-0.2, -0.15) is 5.10 Å². The summed E-state index contributed by atoms with van der Waals surface area (Å²) in [6, 6.07) is 18.4. The Balaban J connectivity index is 1.54. The molecule has 2 N–H and O–H groups in total. The minimum absolute atomic E-state index is 0.276. The molecule has 4 rings (SSSR count). The van der Waals surface area contributed by atoms with Crippen molar-refractivity contribution in [1.29, 1.82) is 0 Å². The maximum Gasteiger partial charge on any atom is 0.255 e. The molecule has 0 aliphatic heterocycles. The van der Waals surface area contributed by atoms with Gasteiger partial charge in [-0.3, -0.25) is 19.3 Å². The molecule has 0 unspecified atom stereocenters. The first-order valence-electron chi connectivity index (χ1n) is 10.2. The topological polar surface area (TPSA) is 88.9 Å². The van der Waals surface area contributed by atoms with E-state index >= 15 is 0 Å². The number of aromatic nitrogens is 3. The largest absolute Gasteiger partial charge is 0.348 e. The van der Waals surface area contributed by atoms with Crippen LogP contribution in [0.25, 0.3) is 11.3 Å². The Morgan fingerprint density at radius 3 is 2.44 bits per heavy atom. The molecule has 2 aromatic heterocycles. The average molecular weight is 425 g/mol. The molecule has 2 aromatic carbocycles. The Kier molecular flexibility index (Phi) is 6.07. The molecule has 7 heteroatoms. The van der Waals surface area contributed by atoms with Gasteiger partial charge in [0, 0.05) is 48.9 Å². The molecule has 2 heterocycles. The second kappa shape index (κ2) is 9.26. The Morgan fingerprint density at radius 2 is 1.69 bits per heavy atom. The molecule has 4 aromatic rings. The number of aryl methyl sites for hydroxylation is 2. The van der Waals surface area contributed by atoms with Crippen molar-refractivity contribution in [2.24, 2.45) is 7.05 Å². The second-order valence-corrected chi connectivity index (χ2v) is 7.41. The number of para-hydroxylation sites is 1. The molecule has 0 bridgehead atoms. The van der Waals surface area contributed by atoms with Crippen molar-refractivity contribution in [2.45, 2.75) is 13.5 Å². The van der Waals surface area contributed by atoms with Gasteiger partial charge in [-0.15, -0.1) is 0 Å². The fraction of sp³-hybridized carbons (Fsp3) is 0.120. The molecule has 0 atom stereocenters. The molecule has 0 radical (unpaired) electrons. The number of carbonyl (C=O) groups is 2. The lowest BCUT2D eigenvalue weighted by Gasteiger charge is -2.14. The number of amides is 2. The number of hydrogen-bond donors (Lipinski definition) is 2. The maximum absolute atomic E-state index is 13.1. The molecule has 32 heavy (non-hydrogen) atoms. The van der Waals surface area contributed by atoms with E-state index in [2.05, 4.69) is 20.7 Å². The standard InChI is InChI=1S/C25H23N5O2/c1-17-7-6-10-21(22(17)28-24(31)19-11-13-26-14-12-19)25(32)27-15-20-16-30(2)29-23(20)18-8-4-3-5-9-18/h3-14,16H,15H2,1-2H3,(H,27,32)(H,28,31). The molecule has 0 aliphatic rings. The van der Waals surface area contributed by atoms with Crippen LogP contribution < -0.4 is 10.6 Å². The predicted octanol–water partition coefficient (Wildman–Crippen LogP) is 3.97. The number of rotatable bonds is 6.